The molecule has 0 spiro atoms. The Balaban J connectivity index is 2.25. The Bertz CT molecular complexity index is 1130. The Hall–Kier alpha value is -3.07. The maximum atomic E-state index is 12.3. The number of ketones is 1. The predicted octanol–water partition coefficient (Wildman–Crippen LogP) is 5.31. The predicted molar refractivity (Wildman–Crippen MR) is 102 cm³/mol. The van der Waals surface area contributed by atoms with Crippen LogP contribution in [0, 0.1) is 13.8 Å². The SMILES string of the molecule is CC(=O)c1c(C)n(-c2ccc(C)cc2)c2c1cc(O)c1ccccc12. The van der Waals surface area contributed by atoms with E-state index in [0.717, 1.165) is 33.1 Å². The van der Waals surface area contributed by atoms with Gasteiger partial charge in [-0.15, -0.1) is 0 Å². The van der Waals surface area contributed by atoms with Crippen molar-refractivity contribution < 1.29 is 9.90 Å². The van der Waals surface area contributed by atoms with Gasteiger partial charge in [0.15, 0.2) is 5.78 Å². The van der Waals surface area contributed by atoms with Crippen LogP contribution in [0.4, 0.5) is 0 Å². The van der Waals surface area contributed by atoms with E-state index in [0.29, 0.717) is 5.56 Å². The number of phenols is 1. The molecule has 4 aromatic rings. The van der Waals surface area contributed by atoms with Gasteiger partial charge in [-0.25, -0.2) is 0 Å². The highest BCUT2D eigenvalue weighted by molar-refractivity contribution is 6.17. The van der Waals surface area contributed by atoms with Gasteiger partial charge in [-0.2, -0.15) is 0 Å². The van der Waals surface area contributed by atoms with E-state index in [4.69, 9.17) is 0 Å². The van der Waals surface area contributed by atoms with Gasteiger partial charge < -0.3 is 9.67 Å². The van der Waals surface area contributed by atoms with E-state index in [1.807, 2.05) is 31.2 Å². The van der Waals surface area contributed by atoms with Crippen molar-refractivity contribution in [1.82, 2.24) is 4.57 Å². The smallest absolute Gasteiger partial charge is 0.162 e. The molecule has 25 heavy (non-hydrogen) atoms. The number of rotatable bonds is 2. The Morgan fingerprint density at radius 1 is 0.920 bits per heavy atom. The summed E-state index contributed by atoms with van der Waals surface area (Å²) in [7, 11) is 0. The first-order valence-electron chi connectivity index (χ1n) is 8.32. The number of nitrogens with zero attached hydrogens (tertiary/aromatic N) is 1. The van der Waals surface area contributed by atoms with Gasteiger partial charge in [-0.05, 0) is 39.0 Å². The van der Waals surface area contributed by atoms with Crippen LogP contribution in [0.2, 0.25) is 0 Å². The van der Waals surface area contributed by atoms with Gasteiger partial charge in [-0.1, -0.05) is 42.0 Å². The average Bonchev–Trinajstić information content (AvgIpc) is 2.88. The highest BCUT2D eigenvalue weighted by Gasteiger charge is 2.21. The van der Waals surface area contributed by atoms with Crippen LogP contribution in [-0.4, -0.2) is 15.5 Å². The van der Waals surface area contributed by atoms with E-state index >= 15 is 0 Å². The van der Waals surface area contributed by atoms with Gasteiger partial charge in [0.05, 0.1) is 5.52 Å². The Kier molecular flexibility index (Phi) is 3.39. The van der Waals surface area contributed by atoms with Crippen molar-refractivity contribution in [3.8, 4) is 11.4 Å². The molecule has 3 aromatic carbocycles. The number of aromatic nitrogens is 1. The lowest BCUT2D eigenvalue weighted by Crippen LogP contribution is -2.00. The molecule has 0 aliphatic carbocycles. The van der Waals surface area contributed by atoms with Gasteiger partial charge in [0.2, 0.25) is 0 Å². The first-order valence-corrected chi connectivity index (χ1v) is 8.32. The van der Waals surface area contributed by atoms with Crippen LogP contribution < -0.4 is 0 Å². The molecule has 124 valence electrons. The number of aromatic hydroxyl groups is 1. The van der Waals surface area contributed by atoms with Crippen molar-refractivity contribution >= 4 is 27.5 Å². The number of benzene rings is 3. The van der Waals surface area contributed by atoms with Crippen molar-refractivity contribution in [3.05, 3.63) is 71.4 Å². The number of carbonyl (C=O) groups excluding carboxylic acids is 1. The van der Waals surface area contributed by atoms with E-state index in [1.165, 1.54) is 5.56 Å². The van der Waals surface area contributed by atoms with E-state index in [2.05, 4.69) is 35.8 Å². The summed E-state index contributed by atoms with van der Waals surface area (Å²) in [5.41, 5.74) is 4.71. The van der Waals surface area contributed by atoms with Crippen LogP contribution in [0.3, 0.4) is 0 Å². The number of Topliss-reactive ketones (excluding diaryl/α,β-unsaturated/α-hetero) is 1. The summed E-state index contributed by atoms with van der Waals surface area (Å²) >= 11 is 0. The monoisotopic (exact) mass is 329 g/mol. The molecule has 0 unspecified atom stereocenters. The fourth-order valence-corrected chi connectivity index (χ4v) is 3.71. The van der Waals surface area contributed by atoms with Crippen molar-refractivity contribution in [3.63, 3.8) is 0 Å². The van der Waals surface area contributed by atoms with Gasteiger partial charge in [0.1, 0.15) is 5.75 Å². The zero-order valence-corrected chi connectivity index (χ0v) is 14.5. The molecule has 3 nitrogen and oxygen atoms in total. The zero-order valence-electron chi connectivity index (χ0n) is 14.5. The molecule has 0 aliphatic rings. The first-order chi connectivity index (χ1) is 12.0. The zero-order chi connectivity index (χ0) is 17.7. The third-order valence-electron chi connectivity index (χ3n) is 4.83. The third-order valence-corrected chi connectivity index (χ3v) is 4.83. The minimum atomic E-state index is 0.00282. The first kappa shape index (κ1) is 15.5. The number of hydrogen-bond donors (Lipinski definition) is 1. The Morgan fingerprint density at radius 3 is 2.20 bits per heavy atom. The van der Waals surface area contributed by atoms with Crippen molar-refractivity contribution in [2.45, 2.75) is 20.8 Å². The second-order valence-corrected chi connectivity index (χ2v) is 6.52. The largest absolute Gasteiger partial charge is 0.507 e. The summed E-state index contributed by atoms with van der Waals surface area (Å²) in [6.45, 7) is 5.59. The summed E-state index contributed by atoms with van der Waals surface area (Å²) in [5.74, 6) is 0.203. The number of hydrogen-bond acceptors (Lipinski definition) is 2. The standard InChI is InChI=1S/C22H19NO2/c1-13-8-10-16(11-9-13)23-14(2)21(15(3)24)19-12-20(25)17-6-4-5-7-18(17)22(19)23/h4-12,25H,1-3H3. The highest BCUT2D eigenvalue weighted by atomic mass is 16.3. The van der Waals surface area contributed by atoms with Crippen LogP contribution in [0.1, 0.15) is 28.5 Å². The van der Waals surface area contributed by atoms with E-state index in [9.17, 15) is 9.90 Å². The van der Waals surface area contributed by atoms with E-state index in [-0.39, 0.29) is 11.5 Å². The molecule has 0 fully saturated rings. The minimum absolute atomic E-state index is 0.00282. The van der Waals surface area contributed by atoms with Gasteiger partial charge >= 0.3 is 0 Å². The second-order valence-electron chi connectivity index (χ2n) is 6.52. The topological polar surface area (TPSA) is 42.2 Å². The molecule has 1 N–H and O–H groups in total. The van der Waals surface area contributed by atoms with Crippen LogP contribution in [0.5, 0.6) is 5.75 Å². The molecule has 0 radical (unpaired) electrons. The lowest BCUT2D eigenvalue weighted by molar-refractivity contribution is 0.101. The molecular weight excluding hydrogens is 310 g/mol. The number of aryl methyl sites for hydroxylation is 1. The molecule has 3 heteroatoms. The number of phenolic OH excluding ortho intramolecular Hbond substituents is 1. The molecular formula is C22H19NO2. The van der Waals surface area contributed by atoms with E-state index < -0.39 is 0 Å². The minimum Gasteiger partial charge on any atom is -0.507 e. The maximum Gasteiger partial charge on any atom is 0.162 e. The lowest BCUT2D eigenvalue weighted by Gasteiger charge is -2.11. The van der Waals surface area contributed by atoms with Crippen LogP contribution >= 0.6 is 0 Å². The van der Waals surface area contributed by atoms with Gasteiger partial charge in [0.25, 0.3) is 0 Å². The molecule has 4 rings (SSSR count). The normalized spacial score (nSPS) is 11.3. The third kappa shape index (κ3) is 2.23. The lowest BCUT2D eigenvalue weighted by atomic mass is 10.0. The van der Waals surface area contributed by atoms with Crippen molar-refractivity contribution in [2.75, 3.05) is 0 Å². The Morgan fingerprint density at radius 2 is 1.56 bits per heavy atom. The molecule has 0 aliphatic heterocycles. The maximum absolute atomic E-state index is 12.3. The molecule has 0 saturated carbocycles. The number of carbonyl (C=O) groups is 1. The van der Waals surface area contributed by atoms with Crippen molar-refractivity contribution in [2.24, 2.45) is 0 Å². The molecule has 1 aromatic heterocycles. The fraction of sp³-hybridized carbons (Fsp3) is 0.136. The average molecular weight is 329 g/mol. The molecule has 1 heterocycles. The summed E-state index contributed by atoms with van der Waals surface area (Å²) in [6.07, 6.45) is 0. The molecule has 0 atom stereocenters. The molecule has 0 bridgehead atoms. The fourth-order valence-electron chi connectivity index (χ4n) is 3.71. The van der Waals surface area contributed by atoms with Gasteiger partial charge in [0, 0.05) is 33.1 Å². The summed E-state index contributed by atoms with van der Waals surface area (Å²) < 4.78 is 2.12. The van der Waals surface area contributed by atoms with Crippen LogP contribution in [-0.2, 0) is 0 Å². The van der Waals surface area contributed by atoms with Crippen molar-refractivity contribution in [1.29, 1.82) is 0 Å². The van der Waals surface area contributed by atoms with Gasteiger partial charge in [-0.3, -0.25) is 4.79 Å². The Labute approximate surface area is 146 Å². The van der Waals surface area contributed by atoms with Crippen LogP contribution in [0.25, 0.3) is 27.4 Å². The van der Waals surface area contributed by atoms with E-state index in [1.54, 1.807) is 13.0 Å². The van der Waals surface area contributed by atoms with Crippen LogP contribution in [0.15, 0.2) is 54.6 Å². The highest BCUT2D eigenvalue weighted by Crippen LogP contribution is 2.38. The molecule has 0 amide bonds. The summed E-state index contributed by atoms with van der Waals surface area (Å²) in [6, 6.07) is 17.7. The molecule has 0 saturated heterocycles. The summed E-state index contributed by atoms with van der Waals surface area (Å²) in [5, 5.41) is 13.0. The quantitative estimate of drug-likeness (QED) is 0.506. The second kappa shape index (κ2) is 5.49. The number of fused-ring (bicyclic) bond motifs is 3. The summed E-state index contributed by atoms with van der Waals surface area (Å²) in [4.78, 5) is 12.3.